The monoisotopic (exact) mass is 290 g/mol. The van der Waals surface area contributed by atoms with E-state index in [4.69, 9.17) is 16.3 Å². The molecule has 2 rings (SSSR count). The first-order valence-corrected chi connectivity index (χ1v) is 7.17. The molecule has 1 heterocycles. The summed E-state index contributed by atoms with van der Waals surface area (Å²) >= 11 is 6.08. The van der Waals surface area contributed by atoms with Crippen LogP contribution in [0.3, 0.4) is 0 Å². The molecule has 20 heavy (non-hydrogen) atoms. The zero-order valence-corrected chi connectivity index (χ0v) is 12.4. The van der Waals surface area contributed by atoms with Crippen LogP contribution in [0.4, 0.5) is 5.69 Å². The number of hydrogen-bond acceptors (Lipinski definition) is 3. The first-order chi connectivity index (χ1) is 9.81. The standard InChI is InChI=1S/C16H19ClN2O/c1-2-9-20-12-14-6-4-3-5-13(14)10-19-16-7-8-18-11-15(16)17/h3-8,11H,2,9-10,12H2,1H3,(H,18,19). The average Bonchev–Trinajstić information content (AvgIpc) is 2.48. The van der Waals surface area contributed by atoms with E-state index in [9.17, 15) is 0 Å². The van der Waals surface area contributed by atoms with Gasteiger partial charge in [-0.3, -0.25) is 4.98 Å². The second-order valence-electron chi connectivity index (χ2n) is 4.53. The van der Waals surface area contributed by atoms with Crippen molar-refractivity contribution in [3.05, 3.63) is 58.9 Å². The lowest BCUT2D eigenvalue weighted by atomic mass is 10.1. The molecule has 0 saturated heterocycles. The molecule has 4 heteroatoms. The Morgan fingerprint density at radius 2 is 2.00 bits per heavy atom. The number of pyridine rings is 1. The summed E-state index contributed by atoms with van der Waals surface area (Å²) in [6.07, 6.45) is 4.40. The summed E-state index contributed by atoms with van der Waals surface area (Å²) in [7, 11) is 0. The summed E-state index contributed by atoms with van der Waals surface area (Å²) < 4.78 is 5.62. The van der Waals surface area contributed by atoms with Crippen molar-refractivity contribution in [3.63, 3.8) is 0 Å². The van der Waals surface area contributed by atoms with Gasteiger partial charge in [0.05, 0.1) is 17.3 Å². The zero-order valence-electron chi connectivity index (χ0n) is 11.6. The maximum atomic E-state index is 6.08. The quantitative estimate of drug-likeness (QED) is 0.773. The van der Waals surface area contributed by atoms with Crippen molar-refractivity contribution in [1.82, 2.24) is 4.98 Å². The zero-order chi connectivity index (χ0) is 14.2. The highest BCUT2D eigenvalue weighted by molar-refractivity contribution is 6.33. The summed E-state index contributed by atoms with van der Waals surface area (Å²) in [4.78, 5) is 3.98. The SMILES string of the molecule is CCCOCc1ccccc1CNc1ccncc1Cl. The van der Waals surface area contributed by atoms with Crippen LogP contribution in [0.25, 0.3) is 0 Å². The first kappa shape index (κ1) is 14.8. The Labute approximate surface area is 124 Å². The summed E-state index contributed by atoms with van der Waals surface area (Å²) in [5.41, 5.74) is 3.32. The number of rotatable bonds is 7. The molecule has 106 valence electrons. The van der Waals surface area contributed by atoms with E-state index >= 15 is 0 Å². The average molecular weight is 291 g/mol. The van der Waals surface area contributed by atoms with Crippen LogP contribution in [0.1, 0.15) is 24.5 Å². The summed E-state index contributed by atoms with van der Waals surface area (Å²) in [6.45, 7) is 4.27. The molecule has 1 aromatic heterocycles. The third-order valence-electron chi connectivity index (χ3n) is 2.97. The van der Waals surface area contributed by atoms with Gasteiger partial charge < -0.3 is 10.1 Å². The number of aromatic nitrogens is 1. The predicted octanol–water partition coefficient (Wildman–Crippen LogP) is 4.27. The molecule has 0 atom stereocenters. The molecule has 2 aromatic rings. The fraction of sp³-hybridized carbons (Fsp3) is 0.312. The van der Waals surface area contributed by atoms with Crippen LogP contribution in [0.15, 0.2) is 42.7 Å². The molecule has 3 nitrogen and oxygen atoms in total. The van der Waals surface area contributed by atoms with E-state index in [2.05, 4.69) is 29.4 Å². The van der Waals surface area contributed by atoms with Crippen LogP contribution < -0.4 is 5.32 Å². The third kappa shape index (κ3) is 4.22. The van der Waals surface area contributed by atoms with Gasteiger partial charge in [-0.15, -0.1) is 0 Å². The fourth-order valence-electron chi connectivity index (χ4n) is 1.91. The molecule has 0 saturated carbocycles. The summed E-state index contributed by atoms with van der Waals surface area (Å²) in [6, 6.07) is 10.1. The van der Waals surface area contributed by atoms with E-state index < -0.39 is 0 Å². The second-order valence-corrected chi connectivity index (χ2v) is 4.94. The minimum atomic E-state index is 0.632. The van der Waals surface area contributed by atoms with Gasteiger partial charge in [-0.1, -0.05) is 42.8 Å². The van der Waals surface area contributed by atoms with Crippen LogP contribution in [-0.2, 0) is 17.9 Å². The Kier molecular flexibility index (Phi) is 5.84. The number of ether oxygens (including phenoxy) is 1. The molecule has 0 fully saturated rings. The van der Waals surface area contributed by atoms with Gasteiger partial charge in [0.15, 0.2) is 0 Å². The van der Waals surface area contributed by atoms with Crippen LogP contribution in [0.2, 0.25) is 5.02 Å². The Balaban J connectivity index is 2.00. The normalized spacial score (nSPS) is 10.5. The van der Waals surface area contributed by atoms with Crippen molar-refractivity contribution in [2.45, 2.75) is 26.5 Å². The Morgan fingerprint density at radius 1 is 1.20 bits per heavy atom. The molecule has 1 N–H and O–H groups in total. The molecule has 1 aromatic carbocycles. The molecule has 0 spiro atoms. The van der Waals surface area contributed by atoms with Crippen molar-refractivity contribution in [2.75, 3.05) is 11.9 Å². The van der Waals surface area contributed by atoms with E-state index in [-0.39, 0.29) is 0 Å². The van der Waals surface area contributed by atoms with Crippen molar-refractivity contribution in [2.24, 2.45) is 0 Å². The molecular weight excluding hydrogens is 272 g/mol. The van der Waals surface area contributed by atoms with Gasteiger partial charge in [-0.25, -0.2) is 0 Å². The minimum absolute atomic E-state index is 0.632. The minimum Gasteiger partial charge on any atom is -0.380 e. The van der Waals surface area contributed by atoms with Crippen molar-refractivity contribution < 1.29 is 4.74 Å². The van der Waals surface area contributed by atoms with Gasteiger partial charge in [-0.05, 0) is 23.6 Å². The Hall–Kier alpha value is -1.58. The van der Waals surface area contributed by atoms with E-state index in [1.165, 1.54) is 11.1 Å². The summed E-state index contributed by atoms with van der Waals surface area (Å²) in [5, 5.41) is 3.96. The third-order valence-corrected chi connectivity index (χ3v) is 3.27. The highest BCUT2D eigenvalue weighted by Gasteiger charge is 2.03. The number of benzene rings is 1. The molecule has 0 aliphatic rings. The van der Waals surface area contributed by atoms with Gasteiger partial charge in [0.25, 0.3) is 0 Å². The number of hydrogen-bond donors (Lipinski definition) is 1. The van der Waals surface area contributed by atoms with Crippen LogP contribution in [0.5, 0.6) is 0 Å². The molecule has 0 amide bonds. The fourth-order valence-corrected chi connectivity index (χ4v) is 2.09. The van der Waals surface area contributed by atoms with Gasteiger partial charge >= 0.3 is 0 Å². The van der Waals surface area contributed by atoms with Gasteiger partial charge in [0, 0.05) is 25.5 Å². The highest BCUT2D eigenvalue weighted by Crippen LogP contribution is 2.20. The summed E-state index contributed by atoms with van der Waals surface area (Å²) in [5.74, 6) is 0. The van der Waals surface area contributed by atoms with E-state index in [0.29, 0.717) is 11.6 Å². The predicted molar refractivity (Wildman–Crippen MR) is 83.0 cm³/mol. The highest BCUT2D eigenvalue weighted by atomic mass is 35.5. The van der Waals surface area contributed by atoms with Gasteiger partial charge in [0.1, 0.15) is 0 Å². The van der Waals surface area contributed by atoms with E-state index in [0.717, 1.165) is 25.3 Å². The molecule has 0 aliphatic heterocycles. The first-order valence-electron chi connectivity index (χ1n) is 6.79. The number of nitrogens with zero attached hydrogens (tertiary/aromatic N) is 1. The van der Waals surface area contributed by atoms with Crippen molar-refractivity contribution in [1.29, 1.82) is 0 Å². The van der Waals surface area contributed by atoms with Crippen LogP contribution in [-0.4, -0.2) is 11.6 Å². The smallest absolute Gasteiger partial charge is 0.0820 e. The Morgan fingerprint density at radius 3 is 2.75 bits per heavy atom. The second kappa shape index (κ2) is 7.88. The van der Waals surface area contributed by atoms with Crippen LogP contribution in [0, 0.1) is 0 Å². The molecule has 0 bridgehead atoms. The molecule has 0 radical (unpaired) electrons. The Bertz CT molecular complexity index is 546. The van der Waals surface area contributed by atoms with E-state index in [1.54, 1.807) is 12.4 Å². The van der Waals surface area contributed by atoms with Gasteiger partial charge in [-0.2, -0.15) is 0 Å². The lowest BCUT2D eigenvalue weighted by Gasteiger charge is -2.12. The largest absolute Gasteiger partial charge is 0.380 e. The molecular formula is C16H19ClN2O. The molecule has 0 aliphatic carbocycles. The topological polar surface area (TPSA) is 34.1 Å². The van der Waals surface area contributed by atoms with Crippen molar-refractivity contribution >= 4 is 17.3 Å². The lowest BCUT2D eigenvalue weighted by Crippen LogP contribution is -2.05. The van der Waals surface area contributed by atoms with Crippen molar-refractivity contribution in [3.8, 4) is 0 Å². The maximum Gasteiger partial charge on any atom is 0.0820 e. The molecule has 0 unspecified atom stereocenters. The number of nitrogens with one attached hydrogen (secondary N) is 1. The van der Waals surface area contributed by atoms with Crippen LogP contribution >= 0.6 is 11.6 Å². The van der Waals surface area contributed by atoms with Gasteiger partial charge in [0.2, 0.25) is 0 Å². The number of halogens is 1. The van der Waals surface area contributed by atoms with E-state index in [1.807, 2.05) is 18.2 Å². The lowest BCUT2D eigenvalue weighted by molar-refractivity contribution is 0.121. The number of anilines is 1. The maximum absolute atomic E-state index is 6.08.